The third kappa shape index (κ3) is 4.89. The van der Waals surface area contributed by atoms with Crippen LogP contribution in [-0.2, 0) is 14.4 Å². The molecule has 0 aliphatic rings. The minimum Gasteiger partial charge on any atom is -0.480 e. The van der Waals surface area contributed by atoms with Crippen LogP contribution in [0.25, 0.3) is 0 Å². The van der Waals surface area contributed by atoms with Gasteiger partial charge in [0, 0.05) is 0 Å². The van der Waals surface area contributed by atoms with E-state index in [1.807, 2.05) is 0 Å². The maximum Gasteiger partial charge on any atom is 0.323 e. The Morgan fingerprint density at radius 2 is 2.00 bits per heavy atom. The number of nitrogens with zero attached hydrogens (tertiary/aromatic N) is 1. The van der Waals surface area contributed by atoms with Gasteiger partial charge in [0.1, 0.15) is 6.54 Å². The van der Waals surface area contributed by atoms with Crippen LogP contribution in [0.3, 0.4) is 0 Å². The maximum absolute atomic E-state index is 10.2. The van der Waals surface area contributed by atoms with Gasteiger partial charge in [-0.25, -0.2) is 0 Å². The number of hydrogen-bond donors (Lipinski definition) is 2. The molecule has 0 heterocycles. The first-order chi connectivity index (χ1) is 5.06. The number of carboxylic acids is 1. The molecule has 62 valence electrons. The first-order valence-electron chi connectivity index (χ1n) is 2.75. The minimum absolute atomic E-state index is 0.263. The summed E-state index contributed by atoms with van der Waals surface area (Å²) < 4.78 is 0. The van der Waals surface area contributed by atoms with E-state index >= 15 is 0 Å². The summed E-state index contributed by atoms with van der Waals surface area (Å²) in [4.78, 5) is 31.0. The van der Waals surface area contributed by atoms with Gasteiger partial charge in [-0.2, -0.15) is 0 Å². The lowest BCUT2D eigenvalue weighted by molar-refractivity contribution is -0.141. The van der Waals surface area contributed by atoms with Crippen molar-refractivity contribution in [2.45, 2.75) is 0 Å². The Labute approximate surface area is 62.6 Å². The van der Waals surface area contributed by atoms with Crippen molar-refractivity contribution >= 4 is 18.3 Å². The first-order valence-corrected chi connectivity index (χ1v) is 2.75. The molecule has 0 aliphatic heterocycles. The Morgan fingerprint density at radius 1 is 1.45 bits per heavy atom. The topological polar surface area (TPSA) is 101 Å². The maximum atomic E-state index is 10.2. The van der Waals surface area contributed by atoms with Crippen LogP contribution in [-0.4, -0.2) is 41.4 Å². The second-order valence-corrected chi connectivity index (χ2v) is 1.87. The highest BCUT2D eigenvalue weighted by Gasteiger charge is 2.08. The quantitative estimate of drug-likeness (QED) is 0.455. The number of aliphatic carboxylic acids is 1. The van der Waals surface area contributed by atoms with Crippen molar-refractivity contribution in [3.8, 4) is 0 Å². The van der Waals surface area contributed by atoms with Crippen molar-refractivity contribution < 1.29 is 19.5 Å². The van der Waals surface area contributed by atoms with Crippen molar-refractivity contribution in [2.75, 3.05) is 13.1 Å². The van der Waals surface area contributed by atoms with Gasteiger partial charge in [0.05, 0.1) is 6.54 Å². The van der Waals surface area contributed by atoms with Gasteiger partial charge >= 0.3 is 5.97 Å². The molecule has 2 amide bonds. The van der Waals surface area contributed by atoms with Crippen molar-refractivity contribution in [2.24, 2.45) is 5.73 Å². The van der Waals surface area contributed by atoms with Gasteiger partial charge in [-0.1, -0.05) is 0 Å². The Bertz CT molecular complexity index is 163. The van der Waals surface area contributed by atoms with Gasteiger partial charge in [0.2, 0.25) is 12.3 Å². The summed E-state index contributed by atoms with van der Waals surface area (Å²) in [5, 5.41) is 8.18. The summed E-state index contributed by atoms with van der Waals surface area (Å²) in [7, 11) is 0. The van der Waals surface area contributed by atoms with E-state index in [9.17, 15) is 14.4 Å². The molecule has 6 heteroatoms. The third-order valence-electron chi connectivity index (χ3n) is 0.846. The van der Waals surface area contributed by atoms with Gasteiger partial charge in [-0.15, -0.1) is 0 Å². The second kappa shape index (κ2) is 4.26. The van der Waals surface area contributed by atoms with Gasteiger partial charge in [-0.3, -0.25) is 14.4 Å². The zero-order valence-electron chi connectivity index (χ0n) is 5.69. The zero-order chi connectivity index (χ0) is 8.85. The Hall–Kier alpha value is -1.59. The van der Waals surface area contributed by atoms with Crippen LogP contribution < -0.4 is 5.73 Å². The Morgan fingerprint density at radius 3 is 2.27 bits per heavy atom. The summed E-state index contributed by atoms with van der Waals surface area (Å²) in [5.74, 6) is -1.92. The largest absolute Gasteiger partial charge is 0.480 e. The van der Waals surface area contributed by atoms with Crippen LogP contribution in [0.1, 0.15) is 0 Å². The minimum atomic E-state index is -1.18. The molecule has 0 bridgehead atoms. The molecule has 11 heavy (non-hydrogen) atoms. The van der Waals surface area contributed by atoms with Gasteiger partial charge < -0.3 is 15.7 Å². The van der Waals surface area contributed by atoms with E-state index in [4.69, 9.17) is 10.8 Å². The molecule has 0 fully saturated rings. The molecule has 0 aromatic rings. The summed E-state index contributed by atoms with van der Waals surface area (Å²) in [6, 6.07) is 0. The fourth-order valence-corrected chi connectivity index (χ4v) is 0.504. The molecule has 0 radical (unpaired) electrons. The summed E-state index contributed by atoms with van der Waals surface area (Å²) in [6.45, 7) is -0.873. The standard InChI is InChI=1S/C5H8N2O4/c6-4(9)1-7(3-8)2-5(10)11/h3H,1-2H2,(H2,6,9)(H,10,11). The zero-order valence-corrected chi connectivity index (χ0v) is 5.69. The molecule has 6 nitrogen and oxygen atoms in total. The number of hydrogen-bond acceptors (Lipinski definition) is 3. The third-order valence-corrected chi connectivity index (χ3v) is 0.846. The van der Waals surface area contributed by atoms with Gasteiger partial charge in [-0.05, 0) is 0 Å². The molecule has 0 atom stereocenters. The van der Waals surface area contributed by atoms with Gasteiger partial charge in [0.25, 0.3) is 0 Å². The number of primary amides is 1. The van der Waals surface area contributed by atoms with E-state index in [-0.39, 0.29) is 13.0 Å². The summed E-state index contributed by atoms with van der Waals surface area (Å²) in [5.41, 5.74) is 4.71. The molecular weight excluding hydrogens is 152 g/mol. The summed E-state index contributed by atoms with van der Waals surface area (Å²) in [6.07, 6.45) is 0.263. The normalized spacial score (nSPS) is 8.73. The van der Waals surface area contributed by atoms with Gasteiger partial charge in [0.15, 0.2) is 0 Å². The molecule has 3 N–H and O–H groups in total. The number of nitrogens with two attached hydrogens (primary N) is 1. The molecule has 0 unspecified atom stereocenters. The van der Waals surface area contributed by atoms with E-state index in [2.05, 4.69) is 0 Å². The average molecular weight is 160 g/mol. The van der Waals surface area contributed by atoms with Crippen molar-refractivity contribution in [1.82, 2.24) is 4.90 Å². The molecule has 0 aromatic carbocycles. The fraction of sp³-hybridized carbons (Fsp3) is 0.400. The number of carbonyl (C=O) groups excluding carboxylic acids is 2. The van der Waals surface area contributed by atoms with E-state index in [0.29, 0.717) is 0 Å². The predicted molar refractivity (Wildman–Crippen MR) is 34.5 cm³/mol. The molecule has 0 aromatic heterocycles. The van der Waals surface area contributed by atoms with E-state index in [1.165, 1.54) is 0 Å². The lowest BCUT2D eigenvalue weighted by atomic mass is 10.5. The lowest BCUT2D eigenvalue weighted by Crippen LogP contribution is -2.36. The van der Waals surface area contributed by atoms with Crippen LogP contribution in [0.2, 0.25) is 0 Å². The molecule has 0 spiro atoms. The van der Waals surface area contributed by atoms with E-state index < -0.39 is 18.4 Å². The van der Waals surface area contributed by atoms with E-state index in [1.54, 1.807) is 0 Å². The van der Waals surface area contributed by atoms with Crippen LogP contribution in [0.4, 0.5) is 0 Å². The molecule has 0 saturated carbocycles. The number of rotatable bonds is 5. The number of carbonyl (C=O) groups is 3. The van der Waals surface area contributed by atoms with Crippen LogP contribution in [0.15, 0.2) is 0 Å². The highest BCUT2D eigenvalue weighted by atomic mass is 16.4. The van der Waals surface area contributed by atoms with Crippen molar-refractivity contribution in [3.63, 3.8) is 0 Å². The predicted octanol–water partition coefficient (Wildman–Crippen LogP) is -1.99. The number of amides is 2. The second-order valence-electron chi connectivity index (χ2n) is 1.87. The first kappa shape index (κ1) is 9.41. The Kier molecular flexibility index (Phi) is 3.65. The van der Waals surface area contributed by atoms with Crippen LogP contribution in [0, 0.1) is 0 Å². The van der Waals surface area contributed by atoms with Crippen LogP contribution in [0.5, 0.6) is 0 Å². The highest BCUT2D eigenvalue weighted by molar-refractivity contribution is 5.80. The highest BCUT2D eigenvalue weighted by Crippen LogP contribution is 1.80. The van der Waals surface area contributed by atoms with Crippen LogP contribution >= 0.6 is 0 Å². The summed E-state index contributed by atoms with van der Waals surface area (Å²) >= 11 is 0. The number of carboxylic acid groups (broad SMARTS) is 1. The lowest BCUT2D eigenvalue weighted by Gasteiger charge is -2.10. The van der Waals surface area contributed by atoms with Crippen molar-refractivity contribution in [1.29, 1.82) is 0 Å². The van der Waals surface area contributed by atoms with E-state index in [0.717, 1.165) is 4.90 Å². The smallest absolute Gasteiger partial charge is 0.323 e. The average Bonchev–Trinajstić information content (AvgIpc) is 1.84. The Balaban J connectivity index is 3.85. The molecule has 0 rings (SSSR count). The molecule has 0 saturated heterocycles. The monoisotopic (exact) mass is 160 g/mol. The molecule has 0 aliphatic carbocycles. The fourth-order valence-electron chi connectivity index (χ4n) is 0.504. The molecular formula is C5H8N2O4. The SMILES string of the molecule is NC(=O)CN(C=O)CC(=O)O. The van der Waals surface area contributed by atoms with Crippen molar-refractivity contribution in [3.05, 3.63) is 0 Å².